The third-order valence-corrected chi connectivity index (χ3v) is 6.19. The number of hydrogen-bond donors (Lipinski definition) is 2. The van der Waals surface area contributed by atoms with Crippen molar-refractivity contribution in [3.05, 3.63) is 70.6 Å². The van der Waals surface area contributed by atoms with Crippen LogP contribution in [-0.2, 0) is 16.4 Å². The van der Waals surface area contributed by atoms with Gasteiger partial charge >= 0.3 is 5.97 Å². The van der Waals surface area contributed by atoms with Gasteiger partial charge in [-0.05, 0) is 56.2 Å². The molecule has 3 rings (SSSR count). The number of nitrogens with one attached hydrogen (secondary N) is 1. The van der Waals surface area contributed by atoms with E-state index < -0.39 is 16.0 Å². The van der Waals surface area contributed by atoms with Gasteiger partial charge in [0.1, 0.15) is 5.76 Å². The molecule has 1 aromatic heterocycles. The highest BCUT2D eigenvalue weighted by Crippen LogP contribution is 2.22. The molecule has 0 aliphatic carbocycles. The minimum Gasteiger partial charge on any atom is -0.478 e. The molecule has 0 saturated carbocycles. The van der Waals surface area contributed by atoms with Crippen LogP contribution in [0, 0.1) is 20.8 Å². The molecule has 1 heterocycles. The average Bonchev–Trinajstić information content (AvgIpc) is 3.05. The Bertz CT molecular complexity index is 1150. The van der Waals surface area contributed by atoms with Crippen molar-refractivity contribution >= 4 is 16.0 Å². The summed E-state index contributed by atoms with van der Waals surface area (Å²) in [6, 6.07) is 12.1. The van der Waals surface area contributed by atoms with Crippen molar-refractivity contribution < 1.29 is 22.7 Å². The van der Waals surface area contributed by atoms with Crippen molar-refractivity contribution in [2.24, 2.45) is 0 Å². The van der Waals surface area contributed by atoms with Crippen molar-refractivity contribution in [2.75, 3.05) is 6.54 Å². The van der Waals surface area contributed by atoms with Crippen LogP contribution < -0.4 is 4.72 Å². The number of aromatic nitrogens is 1. The van der Waals surface area contributed by atoms with Crippen LogP contribution in [0.2, 0.25) is 0 Å². The van der Waals surface area contributed by atoms with Crippen LogP contribution in [-0.4, -0.2) is 31.0 Å². The van der Waals surface area contributed by atoms with Gasteiger partial charge in [0.25, 0.3) is 0 Å². The Kier molecular flexibility index (Phi) is 5.86. The third kappa shape index (κ3) is 4.55. The maximum absolute atomic E-state index is 12.6. The van der Waals surface area contributed by atoms with Crippen LogP contribution in [0.3, 0.4) is 0 Å². The fourth-order valence-corrected chi connectivity index (χ4v) is 4.10. The van der Waals surface area contributed by atoms with E-state index in [-0.39, 0.29) is 17.0 Å². The normalized spacial score (nSPS) is 11.6. The van der Waals surface area contributed by atoms with Crippen molar-refractivity contribution in [2.45, 2.75) is 32.1 Å². The van der Waals surface area contributed by atoms with Crippen molar-refractivity contribution in [3.63, 3.8) is 0 Å². The number of carboxylic acids is 1. The minimum absolute atomic E-state index is 0.0229. The second-order valence-electron chi connectivity index (χ2n) is 6.75. The molecule has 7 nitrogen and oxygen atoms in total. The molecular weight excluding hydrogens is 392 g/mol. The first kappa shape index (κ1) is 20.8. The van der Waals surface area contributed by atoms with Crippen LogP contribution in [0.5, 0.6) is 0 Å². The number of aryl methyl sites for hydroxylation is 2. The number of sulfonamides is 1. The summed E-state index contributed by atoms with van der Waals surface area (Å²) >= 11 is 0. The standard InChI is InChI=1S/C21H22N2O5S/c1-13-11-17(12-18(14(13)2)21(24)25)29(26,27)22-10-9-19-15(3)28-20(23-19)16-7-5-4-6-8-16/h4-8,11-12,22H,9-10H2,1-3H3,(H,24,25). The van der Waals surface area contributed by atoms with E-state index >= 15 is 0 Å². The highest BCUT2D eigenvalue weighted by atomic mass is 32.2. The molecule has 2 N–H and O–H groups in total. The summed E-state index contributed by atoms with van der Waals surface area (Å²) in [5.41, 5.74) is 2.63. The molecule has 0 aliphatic heterocycles. The Labute approximate surface area is 169 Å². The number of aromatic carboxylic acids is 1. The molecule has 3 aromatic rings. The van der Waals surface area contributed by atoms with E-state index in [2.05, 4.69) is 9.71 Å². The van der Waals surface area contributed by atoms with Crippen LogP contribution in [0.15, 0.2) is 51.8 Å². The van der Waals surface area contributed by atoms with E-state index in [0.717, 1.165) is 5.56 Å². The van der Waals surface area contributed by atoms with Crippen LogP contribution in [0.1, 0.15) is 32.9 Å². The monoisotopic (exact) mass is 414 g/mol. The summed E-state index contributed by atoms with van der Waals surface area (Å²) in [5, 5.41) is 9.30. The molecule has 0 aliphatic rings. The predicted octanol–water partition coefficient (Wildman–Crippen LogP) is 3.49. The minimum atomic E-state index is -3.86. The van der Waals surface area contributed by atoms with Crippen LogP contribution >= 0.6 is 0 Å². The lowest BCUT2D eigenvalue weighted by Gasteiger charge is -2.11. The molecule has 0 amide bonds. The van der Waals surface area contributed by atoms with E-state index in [1.165, 1.54) is 12.1 Å². The SMILES string of the molecule is Cc1cc(S(=O)(=O)NCCc2nc(-c3ccccc3)oc2C)cc(C(=O)O)c1C. The van der Waals surface area contributed by atoms with Crippen LogP contribution in [0.4, 0.5) is 0 Å². The Balaban J connectivity index is 1.74. The van der Waals surface area contributed by atoms with Gasteiger partial charge in [0, 0.05) is 18.5 Å². The summed E-state index contributed by atoms with van der Waals surface area (Å²) < 4.78 is 33.4. The second kappa shape index (κ2) is 8.18. The lowest BCUT2D eigenvalue weighted by Crippen LogP contribution is -2.26. The summed E-state index contributed by atoms with van der Waals surface area (Å²) in [6.45, 7) is 5.23. The molecule has 0 atom stereocenters. The molecule has 29 heavy (non-hydrogen) atoms. The maximum atomic E-state index is 12.6. The summed E-state index contributed by atoms with van der Waals surface area (Å²) in [7, 11) is -3.86. The predicted molar refractivity (Wildman–Crippen MR) is 108 cm³/mol. The number of carboxylic acid groups (broad SMARTS) is 1. The molecule has 2 aromatic carbocycles. The first-order valence-corrected chi connectivity index (χ1v) is 10.5. The van der Waals surface area contributed by atoms with E-state index in [1.54, 1.807) is 20.8 Å². The molecule has 0 radical (unpaired) electrons. The fourth-order valence-electron chi connectivity index (χ4n) is 2.95. The van der Waals surface area contributed by atoms with Gasteiger partial charge in [-0.2, -0.15) is 0 Å². The molecule has 0 saturated heterocycles. The van der Waals surface area contributed by atoms with Crippen LogP contribution in [0.25, 0.3) is 11.5 Å². The van der Waals surface area contributed by atoms with E-state index in [9.17, 15) is 18.3 Å². The van der Waals surface area contributed by atoms with Crippen molar-refractivity contribution in [1.82, 2.24) is 9.71 Å². The van der Waals surface area contributed by atoms with Gasteiger partial charge in [0.2, 0.25) is 15.9 Å². The highest BCUT2D eigenvalue weighted by Gasteiger charge is 2.20. The zero-order valence-electron chi connectivity index (χ0n) is 16.4. The van der Waals surface area contributed by atoms with Gasteiger partial charge in [-0.15, -0.1) is 0 Å². The summed E-state index contributed by atoms with van der Waals surface area (Å²) in [6.07, 6.45) is 0.345. The average molecular weight is 414 g/mol. The summed E-state index contributed by atoms with van der Waals surface area (Å²) in [5.74, 6) is -0.0436. The van der Waals surface area contributed by atoms with Gasteiger partial charge in [-0.3, -0.25) is 0 Å². The van der Waals surface area contributed by atoms with Crippen molar-refractivity contribution in [1.29, 1.82) is 0 Å². The largest absolute Gasteiger partial charge is 0.478 e. The van der Waals surface area contributed by atoms with Gasteiger partial charge in [-0.25, -0.2) is 22.9 Å². The molecule has 152 valence electrons. The topological polar surface area (TPSA) is 110 Å². The third-order valence-electron chi connectivity index (χ3n) is 4.75. The Hall–Kier alpha value is -2.97. The molecule has 0 fully saturated rings. The van der Waals surface area contributed by atoms with Gasteiger partial charge in [0.15, 0.2) is 0 Å². The zero-order valence-corrected chi connectivity index (χ0v) is 17.2. The molecule has 0 bridgehead atoms. The highest BCUT2D eigenvalue weighted by molar-refractivity contribution is 7.89. The van der Waals surface area contributed by atoms with E-state index in [1.807, 2.05) is 30.3 Å². The molecule has 0 unspecified atom stereocenters. The van der Waals surface area contributed by atoms with E-state index in [0.29, 0.717) is 34.9 Å². The number of oxazole rings is 1. The molecule has 8 heteroatoms. The fraction of sp³-hybridized carbons (Fsp3) is 0.238. The van der Waals surface area contributed by atoms with Gasteiger partial charge < -0.3 is 9.52 Å². The van der Waals surface area contributed by atoms with Crippen molar-refractivity contribution in [3.8, 4) is 11.5 Å². The lowest BCUT2D eigenvalue weighted by molar-refractivity contribution is 0.0695. The van der Waals surface area contributed by atoms with Gasteiger partial charge in [0.05, 0.1) is 16.2 Å². The van der Waals surface area contributed by atoms with E-state index in [4.69, 9.17) is 4.42 Å². The number of hydrogen-bond acceptors (Lipinski definition) is 5. The summed E-state index contributed by atoms with van der Waals surface area (Å²) in [4.78, 5) is 15.8. The first-order chi connectivity index (χ1) is 13.7. The number of nitrogens with zero attached hydrogens (tertiary/aromatic N) is 1. The second-order valence-corrected chi connectivity index (χ2v) is 8.52. The number of carbonyl (C=O) groups is 1. The number of rotatable bonds is 7. The maximum Gasteiger partial charge on any atom is 0.336 e. The Morgan fingerprint density at radius 2 is 1.83 bits per heavy atom. The first-order valence-electron chi connectivity index (χ1n) is 9.05. The molecule has 0 spiro atoms. The Morgan fingerprint density at radius 3 is 2.48 bits per heavy atom. The zero-order chi connectivity index (χ0) is 21.2. The lowest BCUT2D eigenvalue weighted by atomic mass is 10.0. The Morgan fingerprint density at radius 1 is 1.14 bits per heavy atom. The smallest absolute Gasteiger partial charge is 0.336 e. The van der Waals surface area contributed by atoms with Gasteiger partial charge in [-0.1, -0.05) is 18.2 Å². The number of benzene rings is 2. The molecular formula is C21H22N2O5S. The quantitative estimate of drug-likeness (QED) is 0.612.